The predicted molar refractivity (Wildman–Crippen MR) is 152 cm³/mol. The fourth-order valence-electron chi connectivity index (χ4n) is 5.39. The van der Waals surface area contributed by atoms with E-state index < -0.39 is 29.9 Å². The lowest BCUT2D eigenvalue weighted by Gasteiger charge is -2.39. The van der Waals surface area contributed by atoms with E-state index in [2.05, 4.69) is 23.7 Å². The second kappa shape index (κ2) is 14.6. The monoisotopic (exact) mass is 577 g/mol. The molecule has 0 radical (unpaired) electrons. The molecule has 11 nitrogen and oxygen atoms in total. The number of allylic oxidation sites excluding steroid dienone is 2. The molecule has 41 heavy (non-hydrogen) atoms. The number of carbonyl (C=O) groups excluding carboxylic acids is 3. The van der Waals surface area contributed by atoms with Crippen LogP contribution < -0.4 is 10.7 Å². The van der Waals surface area contributed by atoms with Crippen LogP contribution in [-0.4, -0.2) is 96.9 Å². The molecule has 0 saturated carbocycles. The molecule has 0 aromatic rings. The molecular weight excluding hydrogens is 530 g/mol. The first-order chi connectivity index (χ1) is 19.3. The lowest BCUT2D eigenvalue weighted by molar-refractivity contribution is -0.147. The number of aliphatic hydroxyl groups is 1. The number of hydrogen-bond donors (Lipinski definition) is 3. The summed E-state index contributed by atoms with van der Waals surface area (Å²) in [4.78, 5) is 35.6. The van der Waals surface area contributed by atoms with Crippen LogP contribution in [0.25, 0.3) is 0 Å². The van der Waals surface area contributed by atoms with E-state index in [9.17, 15) is 19.5 Å². The van der Waals surface area contributed by atoms with Gasteiger partial charge in [-0.15, -0.1) is 0 Å². The summed E-state index contributed by atoms with van der Waals surface area (Å²) in [7, 11) is 3.50. The second-order valence-electron chi connectivity index (χ2n) is 11.8. The summed E-state index contributed by atoms with van der Waals surface area (Å²) in [6.45, 7) is 9.54. The van der Waals surface area contributed by atoms with E-state index in [4.69, 9.17) is 18.9 Å². The van der Waals surface area contributed by atoms with Crippen LogP contribution in [0.4, 0.5) is 0 Å². The van der Waals surface area contributed by atoms with Crippen LogP contribution in [-0.2, 0) is 33.3 Å². The third kappa shape index (κ3) is 10.0. The quantitative estimate of drug-likeness (QED) is 0.111. The van der Waals surface area contributed by atoms with Crippen molar-refractivity contribution in [3.63, 3.8) is 0 Å². The third-order valence-electron chi connectivity index (χ3n) is 7.69. The predicted octanol–water partition coefficient (Wildman–Crippen LogP) is 1.96. The number of hydrazine groups is 1. The topological polar surface area (TPSA) is 139 Å². The zero-order valence-electron chi connectivity index (χ0n) is 25.3. The highest BCUT2D eigenvalue weighted by atomic mass is 16.6. The molecule has 11 heteroatoms. The van der Waals surface area contributed by atoms with Gasteiger partial charge in [-0.3, -0.25) is 19.8 Å². The van der Waals surface area contributed by atoms with Crippen LogP contribution in [0, 0.1) is 5.92 Å². The van der Waals surface area contributed by atoms with Crippen molar-refractivity contribution >= 4 is 17.8 Å². The van der Waals surface area contributed by atoms with Gasteiger partial charge in [-0.2, -0.15) is 0 Å². The van der Waals surface area contributed by atoms with Crippen LogP contribution in [0.1, 0.15) is 60.3 Å². The summed E-state index contributed by atoms with van der Waals surface area (Å²) in [6, 6.07) is -0.123. The standard InChI is InChI=1S/C30H47N3O8/c1-18(9-12-26-29(37)30(17-38-30)16-23(41-26)15-28(36)32-33(6)7)8-11-25-19(2)14-24(21(4)40-25)31-27(35)13-10-20(3)39-22(5)34/h8-10,12-13,19-21,23-26,29,37H,11,14-17H2,1-7H3,(H,31,35)(H,32,36)/b12-9+,13-10-,18-8+/t19-,20-,21+,23+,24+,25-,26+,29+,30+/m0/s1. The van der Waals surface area contributed by atoms with Crippen molar-refractivity contribution < 1.29 is 38.4 Å². The highest BCUT2D eigenvalue weighted by Gasteiger charge is 2.58. The normalized spacial score (nSPS) is 34.7. The molecule has 0 aromatic heterocycles. The van der Waals surface area contributed by atoms with Gasteiger partial charge in [0.2, 0.25) is 11.8 Å². The summed E-state index contributed by atoms with van der Waals surface area (Å²) in [5.74, 6) is -0.568. The average molecular weight is 578 g/mol. The molecule has 3 saturated heterocycles. The number of ether oxygens (including phenoxy) is 4. The molecule has 0 bridgehead atoms. The fourth-order valence-corrected chi connectivity index (χ4v) is 5.39. The van der Waals surface area contributed by atoms with E-state index in [0.29, 0.717) is 19.4 Å². The van der Waals surface area contributed by atoms with Gasteiger partial charge in [0.1, 0.15) is 23.9 Å². The number of carbonyl (C=O) groups is 3. The Bertz CT molecular complexity index is 1020. The van der Waals surface area contributed by atoms with Crippen molar-refractivity contribution in [2.24, 2.45) is 5.92 Å². The number of rotatable bonds is 11. The van der Waals surface area contributed by atoms with Gasteiger partial charge in [0.15, 0.2) is 0 Å². The number of nitrogens with zero attached hydrogens (tertiary/aromatic N) is 1. The van der Waals surface area contributed by atoms with Gasteiger partial charge in [-0.25, -0.2) is 5.01 Å². The first-order valence-corrected chi connectivity index (χ1v) is 14.4. The molecule has 0 aromatic carbocycles. The summed E-state index contributed by atoms with van der Waals surface area (Å²) >= 11 is 0. The number of esters is 1. The highest BCUT2D eigenvalue weighted by Crippen LogP contribution is 2.43. The Morgan fingerprint density at radius 3 is 2.51 bits per heavy atom. The molecule has 3 rings (SSSR count). The van der Waals surface area contributed by atoms with Gasteiger partial charge in [0.25, 0.3) is 0 Å². The molecule has 230 valence electrons. The van der Waals surface area contributed by atoms with Crippen molar-refractivity contribution in [1.82, 2.24) is 15.8 Å². The molecular formula is C30H47N3O8. The Morgan fingerprint density at radius 2 is 1.88 bits per heavy atom. The van der Waals surface area contributed by atoms with Crippen LogP contribution >= 0.6 is 0 Å². The van der Waals surface area contributed by atoms with Gasteiger partial charge in [0.05, 0.1) is 37.4 Å². The summed E-state index contributed by atoms with van der Waals surface area (Å²) < 4.78 is 23.0. The first kappa shape index (κ1) is 32.9. The average Bonchev–Trinajstić information content (AvgIpc) is 3.64. The smallest absolute Gasteiger partial charge is 0.303 e. The molecule has 3 N–H and O–H groups in total. The molecule has 3 aliphatic heterocycles. The largest absolute Gasteiger partial charge is 0.459 e. The van der Waals surface area contributed by atoms with Crippen molar-refractivity contribution in [2.45, 2.75) is 109 Å². The van der Waals surface area contributed by atoms with Gasteiger partial charge in [0, 0.05) is 33.5 Å². The lowest BCUT2D eigenvalue weighted by atomic mass is 9.87. The Labute approximate surface area is 243 Å². The number of hydrogen-bond acceptors (Lipinski definition) is 9. The van der Waals surface area contributed by atoms with Crippen LogP contribution in [0.3, 0.4) is 0 Å². The molecule has 9 atom stereocenters. The number of epoxide rings is 1. The molecule has 0 unspecified atom stereocenters. The maximum Gasteiger partial charge on any atom is 0.303 e. The first-order valence-electron chi connectivity index (χ1n) is 14.4. The van der Waals surface area contributed by atoms with Crippen LogP contribution in [0.15, 0.2) is 36.0 Å². The molecule has 3 fully saturated rings. The molecule has 1 spiro atoms. The molecule has 0 aliphatic carbocycles. The third-order valence-corrected chi connectivity index (χ3v) is 7.69. The second-order valence-corrected chi connectivity index (χ2v) is 11.8. The number of amides is 2. The molecule has 3 aliphatic rings. The van der Waals surface area contributed by atoms with Gasteiger partial charge in [-0.1, -0.05) is 30.7 Å². The van der Waals surface area contributed by atoms with Crippen LogP contribution in [0.5, 0.6) is 0 Å². The zero-order chi connectivity index (χ0) is 30.3. The SMILES string of the molecule is CC(=O)O[C@@H](C)/C=C\C(=O)N[C@@H]1C[C@H](C)[C@H](C/C=C(C)/C=C/[C@H]2O[C@H](CC(=O)NN(C)C)C[C@@]3(CO3)[C@@H]2O)O[C@@H]1C. The minimum Gasteiger partial charge on any atom is -0.459 e. The van der Waals surface area contributed by atoms with Crippen molar-refractivity contribution in [2.75, 3.05) is 20.7 Å². The number of nitrogens with one attached hydrogen (secondary N) is 2. The lowest BCUT2D eigenvalue weighted by Crippen LogP contribution is -2.51. The van der Waals surface area contributed by atoms with E-state index in [0.717, 1.165) is 12.0 Å². The van der Waals surface area contributed by atoms with Crippen molar-refractivity contribution in [3.05, 3.63) is 36.0 Å². The Balaban J connectivity index is 1.50. The van der Waals surface area contributed by atoms with E-state index in [-0.39, 0.29) is 48.5 Å². The summed E-state index contributed by atoms with van der Waals surface area (Å²) in [5, 5.41) is 15.4. The fraction of sp³-hybridized carbons (Fsp3) is 0.700. The van der Waals surface area contributed by atoms with Crippen molar-refractivity contribution in [1.29, 1.82) is 0 Å². The summed E-state index contributed by atoms with van der Waals surface area (Å²) in [6.07, 6.45) is 8.60. The van der Waals surface area contributed by atoms with E-state index in [1.54, 1.807) is 32.1 Å². The van der Waals surface area contributed by atoms with Crippen molar-refractivity contribution in [3.8, 4) is 0 Å². The number of aliphatic hydroxyl groups excluding tert-OH is 1. The maximum atomic E-state index is 12.4. The highest BCUT2D eigenvalue weighted by molar-refractivity contribution is 5.87. The maximum absolute atomic E-state index is 12.4. The van der Waals surface area contributed by atoms with E-state index >= 15 is 0 Å². The van der Waals surface area contributed by atoms with Gasteiger partial charge >= 0.3 is 5.97 Å². The van der Waals surface area contributed by atoms with Gasteiger partial charge in [-0.05, 0) is 45.6 Å². The van der Waals surface area contributed by atoms with Gasteiger partial charge < -0.3 is 29.4 Å². The Hall–Kier alpha value is -2.57. The molecule has 2 amide bonds. The van der Waals surface area contributed by atoms with E-state index in [1.165, 1.54) is 13.0 Å². The minimum absolute atomic E-state index is 0.000256. The molecule has 3 heterocycles. The zero-order valence-corrected chi connectivity index (χ0v) is 25.3. The van der Waals surface area contributed by atoms with E-state index in [1.807, 2.05) is 26.0 Å². The summed E-state index contributed by atoms with van der Waals surface area (Å²) in [5.41, 5.74) is 3.09. The minimum atomic E-state index is -0.797. The van der Waals surface area contributed by atoms with Crippen LogP contribution in [0.2, 0.25) is 0 Å². The Kier molecular flexibility index (Phi) is 11.7. The Morgan fingerprint density at radius 1 is 1.17 bits per heavy atom.